The molecule has 0 aliphatic carbocycles. The number of hydrogen-bond donors (Lipinski definition) is 1. The smallest absolute Gasteiger partial charge is 0.244 e. The average Bonchev–Trinajstić information content (AvgIpc) is 2.79. The normalized spacial score (nSPS) is 13.1. The van der Waals surface area contributed by atoms with Crippen molar-refractivity contribution in [3.8, 4) is 0 Å². The first kappa shape index (κ1) is 27.4. The van der Waals surface area contributed by atoms with Crippen molar-refractivity contribution in [3.63, 3.8) is 0 Å². The number of benzene rings is 2. The molecular weight excluding hydrogens is 450 g/mol. The Morgan fingerprint density at radius 2 is 1.65 bits per heavy atom. The summed E-state index contributed by atoms with van der Waals surface area (Å²) in [6.07, 6.45) is 2.41. The Labute approximate surface area is 204 Å². The van der Waals surface area contributed by atoms with Gasteiger partial charge in [-0.15, -0.1) is 0 Å². The van der Waals surface area contributed by atoms with Gasteiger partial charge in [0.1, 0.15) is 12.6 Å². The molecule has 0 fully saturated rings. The third-order valence-corrected chi connectivity index (χ3v) is 7.25. The number of nitrogens with zero attached hydrogens (tertiary/aromatic N) is 2. The van der Waals surface area contributed by atoms with E-state index in [2.05, 4.69) is 5.32 Å². The molecule has 0 bridgehead atoms. The number of aryl methyl sites for hydroxylation is 2. The van der Waals surface area contributed by atoms with Crippen molar-refractivity contribution < 1.29 is 18.0 Å². The van der Waals surface area contributed by atoms with Crippen LogP contribution < -0.4 is 9.62 Å². The maximum Gasteiger partial charge on any atom is 0.244 e. The highest BCUT2D eigenvalue weighted by atomic mass is 32.2. The molecule has 2 amide bonds. The Morgan fingerprint density at radius 1 is 1.00 bits per heavy atom. The number of rotatable bonds is 11. The van der Waals surface area contributed by atoms with Crippen molar-refractivity contribution >= 4 is 27.5 Å². The van der Waals surface area contributed by atoms with Crippen molar-refractivity contribution in [1.82, 2.24) is 10.2 Å². The van der Waals surface area contributed by atoms with Crippen LogP contribution in [0.3, 0.4) is 0 Å². The summed E-state index contributed by atoms with van der Waals surface area (Å²) in [7, 11) is -3.73. The zero-order chi connectivity index (χ0) is 25.5. The third-order valence-electron chi connectivity index (χ3n) is 6.11. The molecule has 0 heterocycles. The molecule has 34 heavy (non-hydrogen) atoms. The van der Waals surface area contributed by atoms with Crippen LogP contribution in [-0.2, 0) is 26.0 Å². The summed E-state index contributed by atoms with van der Waals surface area (Å²) in [5.74, 6) is -0.681. The van der Waals surface area contributed by atoms with Crippen LogP contribution in [0.25, 0.3) is 0 Å². The number of carbonyl (C=O) groups is 2. The van der Waals surface area contributed by atoms with E-state index in [0.717, 1.165) is 33.7 Å². The molecule has 0 unspecified atom stereocenters. The van der Waals surface area contributed by atoms with Gasteiger partial charge in [0.05, 0.1) is 11.9 Å². The van der Waals surface area contributed by atoms with Gasteiger partial charge in [-0.25, -0.2) is 8.42 Å². The van der Waals surface area contributed by atoms with Gasteiger partial charge >= 0.3 is 0 Å². The second kappa shape index (κ2) is 12.0. The molecular formula is C26H37N3O4S. The van der Waals surface area contributed by atoms with Crippen molar-refractivity contribution in [1.29, 1.82) is 0 Å². The summed E-state index contributed by atoms with van der Waals surface area (Å²) in [5.41, 5.74) is 3.42. The number of sulfonamides is 1. The summed E-state index contributed by atoms with van der Waals surface area (Å²) in [6.45, 7) is 9.32. The Balaban J connectivity index is 2.33. The summed E-state index contributed by atoms with van der Waals surface area (Å²) < 4.78 is 26.4. The highest BCUT2D eigenvalue weighted by Crippen LogP contribution is 2.22. The van der Waals surface area contributed by atoms with Gasteiger partial charge in [0.15, 0.2) is 0 Å². The zero-order valence-electron chi connectivity index (χ0n) is 21.0. The van der Waals surface area contributed by atoms with Crippen LogP contribution in [0.1, 0.15) is 43.9 Å². The van der Waals surface area contributed by atoms with Crippen LogP contribution in [0, 0.1) is 13.8 Å². The number of carbonyl (C=O) groups excluding carboxylic acids is 2. The zero-order valence-corrected chi connectivity index (χ0v) is 21.9. The summed E-state index contributed by atoms with van der Waals surface area (Å²) in [6, 6.07) is 14.2. The summed E-state index contributed by atoms with van der Waals surface area (Å²) in [5, 5.41) is 2.93. The van der Waals surface area contributed by atoms with Crippen LogP contribution in [0.4, 0.5) is 5.69 Å². The Morgan fingerprint density at radius 3 is 2.21 bits per heavy atom. The monoisotopic (exact) mass is 487 g/mol. The first-order valence-electron chi connectivity index (χ1n) is 11.6. The maximum atomic E-state index is 13.5. The minimum Gasteiger partial charge on any atom is -0.352 e. The second-order valence-corrected chi connectivity index (χ2v) is 10.8. The SMILES string of the molecule is CC[C@@H](C)NC(=O)[C@H](C)N(CCc1ccccc1)C(=O)CN(c1ccc(C)c(C)c1)S(C)(=O)=O. The van der Waals surface area contributed by atoms with E-state index in [1.54, 1.807) is 19.1 Å². The first-order valence-corrected chi connectivity index (χ1v) is 13.5. The lowest BCUT2D eigenvalue weighted by Gasteiger charge is -2.32. The Hall–Kier alpha value is -2.87. The minimum absolute atomic E-state index is 0.0240. The van der Waals surface area contributed by atoms with E-state index in [-0.39, 0.29) is 18.5 Å². The molecule has 7 nitrogen and oxygen atoms in total. The molecule has 0 aliphatic rings. The van der Waals surface area contributed by atoms with Gasteiger partial charge in [-0.1, -0.05) is 43.3 Å². The lowest BCUT2D eigenvalue weighted by molar-refractivity contribution is -0.139. The van der Waals surface area contributed by atoms with Crippen molar-refractivity contribution in [2.24, 2.45) is 0 Å². The van der Waals surface area contributed by atoms with Crippen LogP contribution in [0.2, 0.25) is 0 Å². The average molecular weight is 488 g/mol. The van der Waals surface area contributed by atoms with E-state index >= 15 is 0 Å². The Kier molecular flexibility index (Phi) is 9.67. The van der Waals surface area contributed by atoms with Crippen LogP contribution in [0.5, 0.6) is 0 Å². The predicted molar refractivity (Wildman–Crippen MR) is 137 cm³/mol. The van der Waals surface area contributed by atoms with Gasteiger partial charge in [-0.05, 0) is 69.4 Å². The Bertz CT molecular complexity index is 1090. The van der Waals surface area contributed by atoms with Crippen molar-refractivity contribution in [3.05, 3.63) is 65.2 Å². The lowest BCUT2D eigenvalue weighted by Crippen LogP contribution is -2.53. The summed E-state index contributed by atoms with van der Waals surface area (Å²) >= 11 is 0. The molecule has 8 heteroatoms. The van der Waals surface area contributed by atoms with E-state index < -0.39 is 22.0 Å². The fourth-order valence-corrected chi connectivity index (χ4v) is 4.37. The number of amides is 2. The second-order valence-electron chi connectivity index (χ2n) is 8.85. The topological polar surface area (TPSA) is 86.8 Å². The van der Waals surface area contributed by atoms with Gasteiger partial charge in [0, 0.05) is 12.6 Å². The van der Waals surface area contributed by atoms with Crippen molar-refractivity contribution in [2.45, 2.75) is 59.5 Å². The molecule has 0 aromatic heterocycles. The minimum atomic E-state index is -3.73. The fourth-order valence-electron chi connectivity index (χ4n) is 3.53. The molecule has 186 valence electrons. The molecule has 1 N–H and O–H groups in total. The van der Waals surface area contributed by atoms with E-state index in [4.69, 9.17) is 0 Å². The molecule has 0 saturated carbocycles. The fraction of sp³-hybridized carbons (Fsp3) is 0.462. The number of nitrogens with one attached hydrogen (secondary N) is 1. The maximum absolute atomic E-state index is 13.5. The number of hydrogen-bond acceptors (Lipinski definition) is 4. The molecule has 0 saturated heterocycles. The van der Waals surface area contributed by atoms with Crippen LogP contribution in [0.15, 0.2) is 48.5 Å². The molecule has 0 spiro atoms. The van der Waals surface area contributed by atoms with Crippen molar-refractivity contribution in [2.75, 3.05) is 23.7 Å². The van der Waals surface area contributed by atoms with Gasteiger partial charge in [-0.3, -0.25) is 13.9 Å². The quantitative estimate of drug-likeness (QED) is 0.526. The molecule has 0 aliphatic heterocycles. The van der Waals surface area contributed by atoms with Gasteiger partial charge in [0.25, 0.3) is 0 Å². The standard InChI is InChI=1S/C26H37N3O4S/c1-7-21(4)27-26(31)22(5)28(16-15-23-11-9-8-10-12-23)25(30)18-29(34(6,32)33)24-14-13-19(2)20(3)17-24/h8-14,17,21-22H,7,15-16,18H2,1-6H3,(H,27,31)/t21-,22+/m1/s1. The van der Waals surface area contributed by atoms with Crippen LogP contribution in [-0.4, -0.2) is 56.6 Å². The van der Waals surface area contributed by atoms with E-state index in [1.807, 2.05) is 64.1 Å². The van der Waals surface area contributed by atoms with Gasteiger partial charge < -0.3 is 10.2 Å². The van der Waals surface area contributed by atoms with E-state index in [0.29, 0.717) is 18.7 Å². The summed E-state index contributed by atoms with van der Waals surface area (Å²) in [4.78, 5) is 27.8. The highest BCUT2D eigenvalue weighted by molar-refractivity contribution is 7.92. The lowest BCUT2D eigenvalue weighted by atomic mass is 10.1. The predicted octanol–water partition coefficient (Wildman–Crippen LogP) is 3.44. The molecule has 0 radical (unpaired) electrons. The largest absolute Gasteiger partial charge is 0.352 e. The molecule has 2 atom stereocenters. The van der Waals surface area contributed by atoms with E-state index in [9.17, 15) is 18.0 Å². The highest BCUT2D eigenvalue weighted by Gasteiger charge is 2.30. The van der Waals surface area contributed by atoms with Crippen LogP contribution >= 0.6 is 0 Å². The van der Waals surface area contributed by atoms with Gasteiger partial charge in [0.2, 0.25) is 21.8 Å². The molecule has 2 rings (SSSR count). The first-order chi connectivity index (χ1) is 15.9. The molecule has 2 aromatic carbocycles. The molecule has 2 aromatic rings. The van der Waals surface area contributed by atoms with Gasteiger partial charge in [-0.2, -0.15) is 0 Å². The third kappa shape index (κ3) is 7.58. The van der Waals surface area contributed by atoms with E-state index in [1.165, 1.54) is 4.90 Å². The number of anilines is 1.